The summed E-state index contributed by atoms with van der Waals surface area (Å²) in [5, 5.41) is 3.25. The second-order valence-electron chi connectivity index (χ2n) is 4.18. The first-order valence-electron chi connectivity index (χ1n) is 5.71. The van der Waals surface area contributed by atoms with Gasteiger partial charge in [0.1, 0.15) is 4.99 Å². The number of benzene rings is 1. The van der Waals surface area contributed by atoms with E-state index in [0.717, 1.165) is 24.3 Å². The minimum Gasteiger partial charge on any atom is -0.389 e. The monoisotopic (exact) mass is 348 g/mol. The molecule has 3 N–H and O–H groups in total. The topological polar surface area (TPSA) is 38.0 Å². The highest BCUT2D eigenvalue weighted by atomic mass is 79.9. The fraction of sp³-hybridized carbons (Fsp3) is 0.417. The summed E-state index contributed by atoms with van der Waals surface area (Å²) in [7, 11) is 0. The molecule has 0 saturated carbocycles. The molecule has 1 heterocycles. The Bertz CT molecular complexity index is 462. The van der Waals surface area contributed by atoms with Crippen LogP contribution in [0.2, 0.25) is 0 Å². The van der Waals surface area contributed by atoms with Crippen molar-refractivity contribution in [1.29, 1.82) is 0 Å². The number of anilines is 1. The average Bonchev–Trinajstić information content (AvgIpc) is 2.36. The van der Waals surface area contributed by atoms with Gasteiger partial charge in [-0.1, -0.05) is 12.2 Å². The van der Waals surface area contributed by atoms with Crippen molar-refractivity contribution in [1.82, 2.24) is 0 Å². The summed E-state index contributed by atoms with van der Waals surface area (Å²) in [6.07, 6.45) is 2.14. The fourth-order valence-electron chi connectivity index (χ4n) is 1.91. The molecule has 0 bridgehead atoms. The van der Waals surface area contributed by atoms with Crippen LogP contribution in [0, 0.1) is 5.82 Å². The van der Waals surface area contributed by atoms with Crippen LogP contribution in [-0.2, 0) is 0 Å². The number of hydrogen-bond acceptors (Lipinski definition) is 3. The van der Waals surface area contributed by atoms with E-state index >= 15 is 0 Å². The maximum absolute atomic E-state index is 14.1. The van der Waals surface area contributed by atoms with Crippen molar-refractivity contribution in [3.63, 3.8) is 0 Å². The highest BCUT2D eigenvalue weighted by Gasteiger charge is 2.17. The van der Waals surface area contributed by atoms with Gasteiger partial charge in [-0.2, -0.15) is 11.8 Å². The van der Waals surface area contributed by atoms with Gasteiger partial charge in [0.15, 0.2) is 5.82 Å². The average molecular weight is 349 g/mol. The van der Waals surface area contributed by atoms with Gasteiger partial charge in [0.25, 0.3) is 0 Å². The Morgan fingerprint density at radius 2 is 2.11 bits per heavy atom. The molecule has 1 aromatic rings. The van der Waals surface area contributed by atoms with Crippen molar-refractivity contribution in [2.75, 3.05) is 16.8 Å². The van der Waals surface area contributed by atoms with Gasteiger partial charge in [0, 0.05) is 11.6 Å². The molecule has 0 radical (unpaired) electrons. The van der Waals surface area contributed by atoms with Crippen LogP contribution in [0.5, 0.6) is 0 Å². The molecule has 0 atom stereocenters. The van der Waals surface area contributed by atoms with Crippen molar-refractivity contribution in [2.45, 2.75) is 18.9 Å². The van der Waals surface area contributed by atoms with Gasteiger partial charge in [0.2, 0.25) is 0 Å². The zero-order valence-electron chi connectivity index (χ0n) is 9.71. The van der Waals surface area contributed by atoms with Gasteiger partial charge >= 0.3 is 0 Å². The van der Waals surface area contributed by atoms with E-state index in [1.165, 1.54) is 0 Å². The number of rotatable bonds is 3. The Hall–Kier alpha value is -0.330. The predicted molar refractivity (Wildman–Crippen MR) is 84.0 cm³/mol. The molecule has 0 amide bonds. The van der Waals surface area contributed by atoms with E-state index in [1.54, 1.807) is 12.1 Å². The summed E-state index contributed by atoms with van der Waals surface area (Å²) in [6.45, 7) is 0. The van der Waals surface area contributed by atoms with E-state index in [2.05, 4.69) is 21.2 Å². The van der Waals surface area contributed by atoms with Crippen LogP contribution >= 0.6 is 39.9 Å². The van der Waals surface area contributed by atoms with E-state index in [-0.39, 0.29) is 10.8 Å². The Morgan fingerprint density at radius 3 is 2.72 bits per heavy atom. The number of thiocarbonyl (C=S) groups is 1. The molecule has 0 aromatic heterocycles. The van der Waals surface area contributed by atoms with E-state index in [1.807, 2.05) is 11.8 Å². The molecule has 2 rings (SSSR count). The third kappa shape index (κ3) is 3.16. The molecular formula is C12H14BrFN2S2. The third-order valence-electron chi connectivity index (χ3n) is 2.93. The molecule has 0 spiro atoms. The third-order valence-corrected chi connectivity index (χ3v) is 4.97. The quantitative estimate of drug-likeness (QED) is 0.819. The Kier molecular flexibility index (Phi) is 4.86. The standard InChI is InChI=1S/C12H14BrFN2S2/c13-10-8(12(15)17)1-2-9(11(10)14)16-7-3-5-18-6-4-7/h1-2,7,16H,3-6H2,(H2,15,17). The molecule has 98 valence electrons. The molecular weight excluding hydrogens is 335 g/mol. The molecule has 2 nitrogen and oxygen atoms in total. The first kappa shape index (κ1) is 14.1. The molecule has 1 aliphatic heterocycles. The highest BCUT2D eigenvalue weighted by molar-refractivity contribution is 9.10. The molecule has 18 heavy (non-hydrogen) atoms. The maximum Gasteiger partial charge on any atom is 0.161 e. The minimum atomic E-state index is -0.321. The molecule has 0 unspecified atom stereocenters. The number of thioether (sulfide) groups is 1. The van der Waals surface area contributed by atoms with Crippen LogP contribution in [0.15, 0.2) is 16.6 Å². The Balaban J connectivity index is 2.18. The maximum atomic E-state index is 14.1. The first-order valence-corrected chi connectivity index (χ1v) is 8.07. The predicted octanol–water partition coefficient (Wildman–Crippen LogP) is 3.53. The Morgan fingerprint density at radius 1 is 1.44 bits per heavy atom. The lowest BCUT2D eigenvalue weighted by atomic mass is 10.1. The molecule has 6 heteroatoms. The van der Waals surface area contributed by atoms with Crippen molar-refractivity contribution >= 4 is 50.6 Å². The molecule has 1 saturated heterocycles. The van der Waals surface area contributed by atoms with Crippen molar-refractivity contribution in [2.24, 2.45) is 5.73 Å². The van der Waals surface area contributed by atoms with Crippen LogP contribution in [0.25, 0.3) is 0 Å². The second kappa shape index (κ2) is 6.21. The normalized spacial score (nSPS) is 16.6. The number of nitrogens with two attached hydrogens (primary N) is 1. The minimum absolute atomic E-state index is 0.196. The second-order valence-corrected chi connectivity index (χ2v) is 6.64. The van der Waals surface area contributed by atoms with E-state index in [4.69, 9.17) is 18.0 Å². The summed E-state index contributed by atoms with van der Waals surface area (Å²) in [4.78, 5) is 0.196. The first-order chi connectivity index (χ1) is 8.59. The van der Waals surface area contributed by atoms with E-state index in [9.17, 15) is 4.39 Å². The molecule has 1 fully saturated rings. The van der Waals surface area contributed by atoms with Crippen LogP contribution < -0.4 is 11.1 Å². The molecule has 0 aliphatic carbocycles. The highest BCUT2D eigenvalue weighted by Crippen LogP contribution is 2.29. The van der Waals surface area contributed by atoms with Gasteiger partial charge in [-0.15, -0.1) is 0 Å². The van der Waals surface area contributed by atoms with Crippen molar-refractivity contribution in [3.8, 4) is 0 Å². The van der Waals surface area contributed by atoms with Crippen LogP contribution in [0.3, 0.4) is 0 Å². The summed E-state index contributed by atoms with van der Waals surface area (Å²) in [5.74, 6) is 1.94. The van der Waals surface area contributed by atoms with Crippen LogP contribution in [0.4, 0.5) is 10.1 Å². The lowest BCUT2D eigenvalue weighted by Gasteiger charge is -2.24. The summed E-state index contributed by atoms with van der Waals surface area (Å²) >= 11 is 10.0. The van der Waals surface area contributed by atoms with Gasteiger partial charge in [-0.3, -0.25) is 0 Å². The summed E-state index contributed by atoms with van der Waals surface area (Å²) < 4.78 is 14.5. The van der Waals surface area contributed by atoms with Crippen molar-refractivity contribution < 1.29 is 4.39 Å². The summed E-state index contributed by atoms with van der Waals surface area (Å²) in [5.41, 5.74) is 6.58. The number of nitrogens with one attached hydrogen (secondary N) is 1. The van der Waals surface area contributed by atoms with Crippen LogP contribution in [-0.4, -0.2) is 22.5 Å². The zero-order chi connectivity index (χ0) is 13.1. The lowest BCUT2D eigenvalue weighted by Crippen LogP contribution is -2.25. The SMILES string of the molecule is NC(=S)c1ccc(NC2CCSCC2)c(F)c1Br. The zero-order valence-corrected chi connectivity index (χ0v) is 12.9. The van der Waals surface area contributed by atoms with E-state index < -0.39 is 0 Å². The molecule has 1 aliphatic rings. The lowest BCUT2D eigenvalue weighted by molar-refractivity contribution is 0.609. The van der Waals surface area contributed by atoms with E-state index in [0.29, 0.717) is 21.8 Å². The van der Waals surface area contributed by atoms with Gasteiger partial charge in [0.05, 0.1) is 10.2 Å². The fourth-order valence-corrected chi connectivity index (χ4v) is 3.88. The van der Waals surface area contributed by atoms with Gasteiger partial charge in [-0.05, 0) is 52.4 Å². The number of halogens is 2. The number of hydrogen-bond donors (Lipinski definition) is 2. The van der Waals surface area contributed by atoms with Crippen molar-refractivity contribution in [3.05, 3.63) is 28.0 Å². The smallest absolute Gasteiger partial charge is 0.161 e. The molecule has 1 aromatic carbocycles. The largest absolute Gasteiger partial charge is 0.389 e. The van der Waals surface area contributed by atoms with Gasteiger partial charge < -0.3 is 11.1 Å². The summed E-state index contributed by atoms with van der Waals surface area (Å²) in [6, 6.07) is 3.80. The van der Waals surface area contributed by atoms with Gasteiger partial charge in [-0.25, -0.2) is 4.39 Å². The van der Waals surface area contributed by atoms with Crippen LogP contribution in [0.1, 0.15) is 18.4 Å². The Labute approximate surface area is 124 Å².